The van der Waals surface area contributed by atoms with E-state index in [0.717, 1.165) is 32.0 Å². The highest BCUT2D eigenvalue weighted by atomic mass is 16.6. The topological polar surface area (TPSA) is 80.3 Å². The molecule has 31 heavy (non-hydrogen) atoms. The first-order valence-electron chi connectivity index (χ1n) is 10.5. The third-order valence-corrected chi connectivity index (χ3v) is 5.34. The lowest BCUT2D eigenvalue weighted by Gasteiger charge is -2.30. The van der Waals surface area contributed by atoms with Gasteiger partial charge in [-0.05, 0) is 43.3 Å². The van der Waals surface area contributed by atoms with Gasteiger partial charge in [-0.1, -0.05) is 12.1 Å². The Morgan fingerprint density at radius 3 is 2.48 bits per heavy atom. The molecule has 0 radical (unpaired) electrons. The van der Waals surface area contributed by atoms with E-state index in [1.54, 1.807) is 12.1 Å². The molecule has 0 spiro atoms. The monoisotopic (exact) mass is 425 g/mol. The van der Waals surface area contributed by atoms with Crippen LogP contribution in [0.1, 0.15) is 6.92 Å². The van der Waals surface area contributed by atoms with E-state index in [1.165, 1.54) is 4.90 Å². The normalized spacial score (nSPS) is 17.7. The van der Waals surface area contributed by atoms with Crippen LogP contribution in [0.5, 0.6) is 11.5 Å². The van der Waals surface area contributed by atoms with Crippen LogP contribution in [-0.2, 0) is 14.3 Å². The van der Waals surface area contributed by atoms with Crippen LogP contribution in [0, 0.1) is 0 Å². The number of hydrogen-bond acceptors (Lipinski definition) is 6. The molecule has 8 heteroatoms. The number of carbonyl (C=O) groups is 2. The minimum Gasteiger partial charge on any atom is -0.485 e. The van der Waals surface area contributed by atoms with E-state index >= 15 is 0 Å². The first-order chi connectivity index (χ1) is 15.1. The number of rotatable bonds is 6. The number of likely N-dealkylation sites (N-methyl/N-ethyl adjacent to an activating group) is 1. The Labute approximate surface area is 181 Å². The van der Waals surface area contributed by atoms with Crippen LogP contribution in [-0.4, -0.2) is 68.8 Å². The highest BCUT2D eigenvalue weighted by Crippen LogP contribution is 2.31. The lowest BCUT2D eigenvalue weighted by Crippen LogP contribution is -2.48. The van der Waals surface area contributed by atoms with Crippen molar-refractivity contribution in [1.82, 2.24) is 4.90 Å². The molecule has 2 amide bonds. The second-order valence-corrected chi connectivity index (χ2v) is 7.41. The molecular formula is C23H27N3O5. The third kappa shape index (κ3) is 5.08. The summed E-state index contributed by atoms with van der Waals surface area (Å²) in [6.45, 7) is 5.46. The molecule has 2 aromatic carbocycles. The maximum atomic E-state index is 12.9. The number of para-hydroxylation sites is 2. The fourth-order valence-electron chi connectivity index (χ4n) is 3.64. The predicted octanol–water partition coefficient (Wildman–Crippen LogP) is 2.15. The van der Waals surface area contributed by atoms with Crippen LogP contribution in [0.2, 0.25) is 0 Å². The van der Waals surface area contributed by atoms with E-state index in [9.17, 15) is 9.59 Å². The van der Waals surface area contributed by atoms with Gasteiger partial charge >= 0.3 is 0 Å². The standard InChI is InChI=1S/C23H27N3O5/c1-2-25(23(28)21-16-30-19-5-3-4-6-20(19)31-21)15-22(27)24-17-7-9-18(10-8-17)26-11-13-29-14-12-26/h3-10,21H,2,11-16H2,1H3,(H,24,27)/t21-/m0/s1. The molecule has 2 heterocycles. The molecule has 1 N–H and O–H groups in total. The van der Waals surface area contributed by atoms with Gasteiger partial charge in [0.1, 0.15) is 6.61 Å². The SMILES string of the molecule is CCN(CC(=O)Nc1ccc(N2CCOCC2)cc1)C(=O)[C@@H]1COc2ccccc2O1. The van der Waals surface area contributed by atoms with Gasteiger partial charge in [0, 0.05) is 31.0 Å². The molecule has 1 saturated heterocycles. The highest BCUT2D eigenvalue weighted by molar-refractivity contribution is 5.95. The van der Waals surface area contributed by atoms with E-state index in [4.69, 9.17) is 14.2 Å². The number of fused-ring (bicyclic) bond motifs is 1. The molecule has 1 atom stereocenters. The largest absolute Gasteiger partial charge is 0.485 e. The summed E-state index contributed by atoms with van der Waals surface area (Å²) in [6, 6.07) is 14.9. The van der Waals surface area contributed by atoms with Gasteiger partial charge in [-0.15, -0.1) is 0 Å². The molecule has 0 aliphatic carbocycles. The lowest BCUT2D eigenvalue weighted by molar-refractivity contribution is -0.143. The van der Waals surface area contributed by atoms with Crippen LogP contribution in [0.4, 0.5) is 11.4 Å². The van der Waals surface area contributed by atoms with Gasteiger partial charge in [-0.25, -0.2) is 0 Å². The maximum absolute atomic E-state index is 12.9. The third-order valence-electron chi connectivity index (χ3n) is 5.34. The van der Waals surface area contributed by atoms with E-state index in [2.05, 4.69) is 10.2 Å². The number of nitrogens with zero attached hydrogens (tertiary/aromatic N) is 2. The summed E-state index contributed by atoms with van der Waals surface area (Å²) in [4.78, 5) is 29.1. The Hall–Kier alpha value is -3.26. The summed E-state index contributed by atoms with van der Waals surface area (Å²) in [5.41, 5.74) is 1.79. The highest BCUT2D eigenvalue weighted by Gasteiger charge is 2.31. The molecule has 2 aromatic rings. The van der Waals surface area contributed by atoms with Crippen molar-refractivity contribution in [3.8, 4) is 11.5 Å². The summed E-state index contributed by atoms with van der Waals surface area (Å²) in [5, 5.41) is 2.86. The number of anilines is 2. The zero-order chi connectivity index (χ0) is 21.6. The van der Waals surface area contributed by atoms with Gasteiger partial charge in [0.2, 0.25) is 12.0 Å². The van der Waals surface area contributed by atoms with E-state index < -0.39 is 6.10 Å². The molecule has 2 aliphatic heterocycles. The van der Waals surface area contributed by atoms with Crippen molar-refractivity contribution in [3.05, 3.63) is 48.5 Å². The first-order valence-corrected chi connectivity index (χ1v) is 10.5. The first kappa shape index (κ1) is 21.0. The number of ether oxygens (including phenoxy) is 3. The van der Waals surface area contributed by atoms with Crippen molar-refractivity contribution in [2.75, 3.05) is 56.2 Å². The summed E-state index contributed by atoms with van der Waals surface area (Å²) < 4.78 is 16.8. The van der Waals surface area contributed by atoms with Crippen molar-refractivity contribution in [3.63, 3.8) is 0 Å². The fraction of sp³-hybridized carbons (Fsp3) is 0.391. The number of hydrogen-bond donors (Lipinski definition) is 1. The molecule has 0 unspecified atom stereocenters. The minimum atomic E-state index is -0.768. The lowest BCUT2D eigenvalue weighted by atomic mass is 10.2. The second kappa shape index (κ2) is 9.70. The molecule has 2 aliphatic rings. The number of benzene rings is 2. The summed E-state index contributed by atoms with van der Waals surface area (Å²) in [7, 11) is 0. The summed E-state index contributed by atoms with van der Waals surface area (Å²) in [5.74, 6) is 0.627. The fourth-order valence-corrected chi connectivity index (χ4v) is 3.64. The average molecular weight is 425 g/mol. The van der Waals surface area contributed by atoms with Gasteiger partial charge in [0.25, 0.3) is 5.91 Å². The zero-order valence-corrected chi connectivity index (χ0v) is 17.6. The average Bonchev–Trinajstić information content (AvgIpc) is 2.83. The smallest absolute Gasteiger partial charge is 0.267 e. The number of carbonyl (C=O) groups excluding carboxylic acids is 2. The molecule has 1 fully saturated rings. The van der Waals surface area contributed by atoms with Crippen molar-refractivity contribution in [1.29, 1.82) is 0 Å². The van der Waals surface area contributed by atoms with Crippen LogP contribution in [0.25, 0.3) is 0 Å². The number of amides is 2. The van der Waals surface area contributed by atoms with E-state index in [1.807, 2.05) is 43.3 Å². The molecule has 0 aromatic heterocycles. The van der Waals surface area contributed by atoms with Gasteiger partial charge in [0.05, 0.1) is 19.8 Å². The summed E-state index contributed by atoms with van der Waals surface area (Å²) >= 11 is 0. The van der Waals surface area contributed by atoms with E-state index in [-0.39, 0.29) is 25.0 Å². The van der Waals surface area contributed by atoms with Gasteiger partial charge in [-0.3, -0.25) is 9.59 Å². The van der Waals surface area contributed by atoms with Gasteiger partial charge in [0.15, 0.2) is 11.5 Å². The second-order valence-electron chi connectivity index (χ2n) is 7.41. The van der Waals surface area contributed by atoms with Crippen LogP contribution < -0.4 is 19.7 Å². The maximum Gasteiger partial charge on any atom is 0.267 e. The Bertz CT molecular complexity index is 912. The number of nitrogens with one attached hydrogen (secondary N) is 1. The Morgan fingerprint density at radius 1 is 1.06 bits per heavy atom. The predicted molar refractivity (Wildman–Crippen MR) is 117 cm³/mol. The van der Waals surface area contributed by atoms with Crippen molar-refractivity contribution in [2.45, 2.75) is 13.0 Å². The molecule has 4 rings (SSSR count). The number of morpholine rings is 1. The molecular weight excluding hydrogens is 398 g/mol. The molecule has 0 bridgehead atoms. The van der Waals surface area contributed by atoms with Crippen LogP contribution in [0.3, 0.4) is 0 Å². The van der Waals surface area contributed by atoms with Crippen molar-refractivity contribution < 1.29 is 23.8 Å². The summed E-state index contributed by atoms with van der Waals surface area (Å²) in [6.07, 6.45) is -0.768. The Kier molecular flexibility index (Phi) is 6.57. The van der Waals surface area contributed by atoms with Crippen molar-refractivity contribution in [2.24, 2.45) is 0 Å². The Balaban J connectivity index is 1.32. The van der Waals surface area contributed by atoms with Crippen molar-refractivity contribution >= 4 is 23.2 Å². The quantitative estimate of drug-likeness (QED) is 0.764. The van der Waals surface area contributed by atoms with Gasteiger partial charge in [-0.2, -0.15) is 0 Å². The van der Waals surface area contributed by atoms with E-state index in [0.29, 0.717) is 23.7 Å². The van der Waals surface area contributed by atoms with Crippen LogP contribution in [0.15, 0.2) is 48.5 Å². The molecule has 0 saturated carbocycles. The Morgan fingerprint density at radius 2 is 1.77 bits per heavy atom. The zero-order valence-electron chi connectivity index (χ0n) is 17.6. The molecule has 8 nitrogen and oxygen atoms in total. The molecule has 164 valence electrons. The minimum absolute atomic E-state index is 0.0535. The van der Waals surface area contributed by atoms with Crippen LogP contribution >= 0.6 is 0 Å². The van der Waals surface area contributed by atoms with Gasteiger partial charge < -0.3 is 29.3 Å².